The number of ether oxygens (including phenoxy) is 1. The van der Waals surface area contributed by atoms with Crippen LogP contribution in [0.3, 0.4) is 0 Å². The minimum atomic E-state index is -1.18. The summed E-state index contributed by atoms with van der Waals surface area (Å²) < 4.78 is 18.2. The lowest BCUT2D eigenvalue weighted by molar-refractivity contribution is -0.140. The zero-order valence-electron chi connectivity index (χ0n) is 10.9. The highest BCUT2D eigenvalue weighted by atomic mass is 35.5. The van der Waals surface area contributed by atoms with Gasteiger partial charge in [0.2, 0.25) is 0 Å². The van der Waals surface area contributed by atoms with Gasteiger partial charge >= 0.3 is 5.97 Å². The molecule has 0 spiro atoms. The molecule has 0 aliphatic carbocycles. The predicted molar refractivity (Wildman–Crippen MR) is 70.9 cm³/mol. The summed E-state index contributed by atoms with van der Waals surface area (Å²) in [6.45, 7) is 3.58. The molecule has 0 bridgehead atoms. The number of aromatic nitrogens is 2. The molecular weight excluding hydrogens is 276 g/mol. The lowest BCUT2D eigenvalue weighted by Gasteiger charge is -2.09. The minimum absolute atomic E-state index is 0.139. The molecule has 0 amide bonds. The Bertz CT molecular complexity index is 473. The van der Waals surface area contributed by atoms with Crippen molar-refractivity contribution in [2.75, 3.05) is 7.11 Å². The molecule has 18 heavy (non-hydrogen) atoms. The fourth-order valence-corrected chi connectivity index (χ4v) is 3.09. The molecule has 0 fully saturated rings. The molecule has 1 rings (SSSR count). The van der Waals surface area contributed by atoms with Crippen molar-refractivity contribution in [1.29, 1.82) is 0 Å². The summed E-state index contributed by atoms with van der Waals surface area (Å²) in [5.74, 6) is -0.0544. The van der Waals surface area contributed by atoms with E-state index in [0.29, 0.717) is 10.9 Å². The van der Waals surface area contributed by atoms with E-state index in [1.807, 2.05) is 6.92 Å². The normalized spacial score (nSPS) is 14.3. The van der Waals surface area contributed by atoms with Crippen LogP contribution in [0.1, 0.15) is 24.6 Å². The molecule has 0 saturated heterocycles. The number of rotatable bonds is 5. The molecule has 5 nitrogen and oxygen atoms in total. The fourth-order valence-electron chi connectivity index (χ4n) is 1.53. The summed E-state index contributed by atoms with van der Waals surface area (Å²) in [4.78, 5) is 11.1. The van der Waals surface area contributed by atoms with Gasteiger partial charge in [-0.05, 0) is 6.92 Å². The van der Waals surface area contributed by atoms with Crippen molar-refractivity contribution in [3.63, 3.8) is 0 Å². The highest BCUT2D eigenvalue weighted by Gasteiger charge is 2.20. The van der Waals surface area contributed by atoms with Crippen molar-refractivity contribution in [2.24, 2.45) is 7.05 Å². The van der Waals surface area contributed by atoms with Crippen molar-refractivity contribution >= 4 is 28.4 Å². The number of carbonyl (C=O) groups is 1. The topological polar surface area (TPSA) is 61.2 Å². The maximum absolute atomic E-state index is 12.1. The lowest BCUT2D eigenvalue weighted by atomic mass is 10.3. The van der Waals surface area contributed by atoms with E-state index >= 15 is 0 Å². The zero-order valence-corrected chi connectivity index (χ0v) is 12.5. The average Bonchev–Trinajstić information content (AvgIpc) is 2.55. The first-order chi connectivity index (χ1) is 8.36. The maximum Gasteiger partial charge on any atom is 0.306 e. The monoisotopic (exact) mass is 292 g/mol. The van der Waals surface area contributed by atoms with Crippen molar-refractivity contribution in [3.05, 3.63) is 16.4 Å². The summed E-state index contributed by atoms with van der Waals surface area (Å²) in [5, 5.41) is 4.38. The lowest BCUT2D eigenvalue weighted by Crippen LogP contribution is -2.18. The standard InChI is InChI=1S/C11H17ClN2O3S/c1-7(5-10(15)17-4)18(16)6-9-8(2)13-14(3)11(9)12/h7H,5-6H2,1-4H3. The van der Waals surface area contributed by atoms with Crippen LogP contribution in [0.25, 0.3) is 0 Å². The number of esters is 1. The Morgan fingerprint density at radius 3 is 2.67 bits per heavy atom. The van der Waals surface area contributed by atoms with Gasteiger partial charge in [-0.2, -0.15) is 5.10 Å². The third-order valence-corrected chi connectivity index (χ3v) is 4.80. The summed E-state index contributed by atoms with van der Waals surface area (Å²) >= 11 is 6.07. The SMILES string of the molecule is COC(=O)CC(C)S(=O)Cc1c(C)nn(C)c1Cl. The second-order valence-electron chi connectivity index (χ2n) is 4.09. The van der Waals surface area contributed by atoms with Crippen LogP contribution in [-0.2, 0) is 33.1 Å². The Morgan fingerprint density at radius 2 is 2.22 bits per heavy atom. The predicted octanol–water partition coefficient (Wildman–Crippen LogP) is 1.58. The summed E-state index contributed by atoms with van der Waals surface area (Å²) in [7, 11) is 1.87. The number of hydrogen-bond donors (Lipinski definition) is 0. The first-order valence-electron chi connectivity index (χ1n) is 5.48. The van der Waals surface area contributed by atoms with E-state index in [2.05, 4.69) is 9.84 Å². The molecule has 0 aliphatic rings. The highest BCUT2D eigenvalue weighted by molar-refractivity contribution is 7.84. The average molecular weight is 293 g/mol. The molecule has 0 radical (unpaired) electrons. The van der Waals surface area contributed by atoms with Gasteiger partial charge in [0.25, 0.3) is 0 Å². The van der Waals surface area contributed by atoms with E-state index in [-0.39, 0.29) is 17.6 Å². The number of aryl methyl sites for hydroxylation is 2. The van der Waals surface area contributed by atoms with E-state index in [9.17, 15) is 9.00 Å². The Balaban J connectivity index is 2.72. The van der Waals surface area contributed by atoms with Crippen LogP contribution < -0.4 is 0 Å². The van der Waals surface area contributed by atoms with Crippen LogP contribution in [0.4, 0.5) is 0 Å². The molecule has 7 heteroatoms. The highest BCUT2D eigenvalue weighted by Crippen LogP contribution is 2.21. The summed E-state index contributed by atoms with van der Waals surface area (Å²) in [5.41, 5.74) is 1.54. The van der Waals surface area contributed by atoms with Crippen LogP contribution >= 0.6 is 11.6 Å². The van der Waals surface area contributed by atoms with Gasteiger partial charge in [-0.1, -0.05) is 18.5 Å². The number of hydrogen-bond acceptors (Lipinski definition) is 4. The first kappa shape index (κ1) is 15.2. The zero-order chi connectivity index (χ0) is 13.9. The van der Waals surface area contributed by atoms with Crippen LogP contribution in [0.5, 0.6) is 0 Å². The Morgan fingerprint density at radius 1 is 1.61 bits per heavy atom. The first-order valence-corrected chi connectivity index (χ1v) is 7.24. The van der Waals surface area contributed by atoms with Crippen molar-refractivity contribution in [3.8, 4) is 0 Å². The summed E-state index contributed by atoms with van der Waals surface area (Å²) in [6.07, 6.45) is 0.139. The van der Waals surface area contributed by atoms with Crippen LogP contribution in [0.2, 0.25) is 5.15 Å². The van der Waals surface area contributed by atoms with Gasteiger partial charge in [-0.15, -0.1) is 0 Å². The molecule has 2 unspecified atom stereocenters. The van der Waals surface area contributed by atoms with Gasteiger partial charge in [-0.3, -0.25) is 13.7 Å². The Hall–Kier alpha value is -0.880. The third-order valence-electron chi connectivity index (χ3n) is 2.69. The molecule has 0 N–H and O–H groups in total. The number of nitrogens with zero attached hydrogens (tertiary/aromatic N) is 2. The second kappa shape index (κ2) is 6.33. The fraction of sp³-hybridized carbons (Fsp3) is 0.636. The molecule has 0 saturated carbocycles. The van der Waals surface area contributed by atoms with E-state index in [0.717, 1.165) is 11.3 Å². The maximum atomic E-state index is 12.1. The van der Waals surface area contributed by atoms with E-state index in [1.54, 1.807) is 18.7 Å². The molecule has 2 atom stereocenters. The van der Waals surface area contributed by atoms with Crippen LogP contribution in [0.15, 0.2) is 0 Å². The van der Waals surface area contributed by atoms with Gasteiger partial charge in [0.05, 0.1) is 25.0 Å². The molecular formula is C11H17ClN2O3S. The minimum Gasteiger partial charge on any atom is -0.469 e. The van der Waals surface area contributed by atoms with Gasteiger partial charge in [-0.25, -0.2) is 0 Å². The van der Waals surface area contributed by atoms with E-state index in [4.69, 9.17) is 11.6 Å². The number of carbonyl (C=O) groups excluding carboxylic acids is 1. The van der Waals surface area contributed by atoms with Gasteiger partial charge in [0, 0.05) is 28.7 Å². The summed E-state index contributed by atoms with van der Waals surface area (Å²) in [6, 6.07) is 0. The Kier molecular flexibility index (Phi) is 5.34. The largest absolute Gasteiger partial charge is 0.469 e. The molecule has 1 heterocycles. The van der Waals surface area contributed by atoms with Crippen LogP contribution in [0, 0.1) is 6.92 Å². The third kappa shape index (κ3) is 3.55. The molecule has 1 aromatic rings. The van der Waals surface area contributed by atoms with E-state index in [1.165, 1.54) is 7.11 Å². The molecule has 102 valence electrons. The van der Waals surface area contributed by atoms with E-state index < -0.39 is 10.8 Å². The van der Waals surface area contributed by atoms with Crippen molar-refractivity contribution in [2.45, 2.75) is 31.3 Å². The van der Waals surface area contributed by atoms with Crippen molar-refractivity contribution < 1.29 is 13.7 Å². The number of methoxy groups -OCH3 is 1. The molecule has 0 aliphatic heterocycles. The van der Waals surface area contributed by atoms with Gasteiger partial charge in [0.1, 0.15) is 5.15 Å². The quantitative estimate of drug-likeness (QED) is 0.773. The smallest absolute Gasteiger partial charge is 0.306 e. The van der Waals surface area contributed by atoms with Gasteiger partial charge < -0.3 is 4.74 Å². The van der Waals surface area contributed by atoms with Crippen molar-refractivity contribution in [1.82, 2.24) is 9.78 Å². The van der Waals surface area contributed by atoms with Gasteiger partial charge in [0.15, 0.2) is 0 Å². The molecule has 0 aromatic carbocycles. The number of halogens is 1. The Labute approximate surface area is 114 Å². The second-order valence-corrected chi connectivity index (χ2v) is 6.31. The van der Waals surface area contributed by atoms with Crippen LogP contribution in [-0.4, -0.2) is 32.3 Å². The molecule has 1 aromatic heterocycles.